The van der Waals surface area contributed by atoms with E-state index < -0.39 is 0 Å². The van der Waals surface area contributed by atoms with Crippen molar-refractivity contribution in [1.82, 2.24) is 9.55 Å². The maximum absolute atomic E-state index is 10.7. The fourth-order valence-electron chi connectivity index (χ4n) is 1.37. The number of imidazole rings is 1. The molecule has 0 aliphatic heterocycles. The molecule has 0 aliphatic rings. The van der Waals surface area contributed by atoms with E-state index in [4.69, 9.17) is 0 Å². The molecular formula is C10H9N3O2. The Hall–Kier alpha value is -2.17. The molecule has 15 heavy (non-hydrogen) atoms. The normalized spacial score (nSPS) is 10.2. The largest absolute Gasteiger partial charge is 0.306 e. The van der Waals surface area contributed by atoms with E-state index in [1.807, 2.05) is 6.07 Å². The lowest BCUT2D eigenvalue weighted by Gasteiger charge is -2.03. The van der Waals surface area contributed by atoms with Gasteiger partial charge in [0.2, 0.25) is 0 Å². The molecule has 0 amide bonds. The van der Waals surface area contributed by atoms with E-state index in [1.54, 1.807) is 36.3 Å². The Balaban J connectivity index is 2.52. The van der Waals surface area contributed by atoms with Crippen LogP contribution in [0, 0.1) is 17.0 Å². The molecule has 5 heteroatoms. The van der Waals surface area contributed by atoms with Gasteiger partial charge in [0.25, 0.3) is 5.69 Å². The third-order valence-corrected chi connectivity index (χ3v) is 2.19. The highest BCUT2D eigenvalue weighted by molar-refractivity contribution is 5.48. The van der Waals surface area contributed by atoms with Crippen LogP contribution in [0.1, 0.15) is 5.56 Å². The fourth-order valence-corrected chi connectivity index (χ4v) is 1.37. The smallest absolute Gasteiger partial charge is 0.274 e. The molecule has 1 aromatic heterocycles. The Labute approximate surface area is 86.1 Å². The van der Waals surface area contributed by atoms with Crippen LogP contribution >= 0.6 is 0 Å². The second-order valence-electron chi connectivity index (χ2n) is 3.20. The highest BCUT2D eigenvalue weighted by Gasteiger charge is 2.11. The van der Waals surface area contributed by atoms with Crippen molar-refractivity contribution in [3.8, 4) is 5.69 Å². The van der Waals surface area contributed by atoms with Crippen molar-refractivity contribution in [3.05, 3.63) is 52.6 Å². The monoisotopic (exact) mass is 203 g/mol. The quantitative estimate of drug-likeness (QED) is 0.554. The zero-order valence-corrected chi connectivity index (χ0v) is 8.12. The summed E-state index contributed by atoms with van der Waals surface area (Å²) in [4.78, 5) is 14.2. The second kappa shape index (κ2) is 3.53. The molecule has 0 spiro atoms. The van der Waals surface area contributed by atoms with Gasteiger partial charge < -0.3 is 4.57 Å². The summed E-state index contributed by atoms with van der Waals surface area (Å²) in [6, 6.07) is 5.09. The fraction of sp³-hybridized carbons (Fsp3) is 0.100. The van der Waals surface area contributed by atoms with Crippen LogP contribution in [0.15, 0.2) is 36.9 Å². The molecule has 0 radical (unpaired) electrons. The van der Waals surface area contributed by atoms with Crippen molar-refractivity contribution in [2.24, 2.45) is 0 Å². The summed E-state index contributed by atoms with van der Waals surface area (Å²) in [5.74, 6) is 0. The lowest BCUT2D eigenvalue weighted by atomic mass is 10.2. The van der Waals surface area contributed by atoms with E-state index in [0.717, 1.165) is 5.69 Å². The molecule has 0 unspecified atom stereocenters. The molecule has 2 rings (SSSR count). The highest BCUT2D eigenvalue weighted by Crippen LogP contribution is 2.21. The molecular weight excluding hydrogens is 194 g/mol. The van der Waals surface area contributed by atoms with Crippen LogP contribution in [-0.4, -0.2) is 14.5 Å². The number of rotatable bonds is 2. The van der Waals surface area contributed by atoms with Crippen molar-refractivity contribution in [1.29, 1.82) is 0 Å². The molecule has 1 heterocycles. The van der Waals surface area contributed by atoms with Crippen LogP contribution in [0.25, 0.3) is 5.69 Å². The van der Waals surface area contributed by atoms with Crippen molar-refractivity contribution >= 4 is 5.69 Å². The summed E-state index contributed by atoms with van der Waals surface area (Å²) in [6.45, 7) is 1.72. The van der Waals surface area contributed by atoms with Crippen LogP contribution in [0.4, 0.5) is 5.69 Å². The summed E-state index contributed by atoms with van der Waals surface area (Å²) >= 11 is 0. The van der Waals surface area contributed by atoms with Gasteiger partial charge in [-0.25, -0.2) is 4.98 Å². The number of benzene rings is 1. The molecule has 0 saturated heterocycles. The minimum absolute atomic E-state index is 0.126. The maximum atomic E-state index is 10.7. The number of nitrogens with zero attached hydrogens (tertiary/aromatic N) is 3. The Morgan fingerprint density at radius 1 is 1.47 bits per heavy atom. The summed E-state index contributed by atoms with van der Waals surface area (Å²) < 4.78 is 1.73. The van der Waals surface area contributed by atoms with Gasteiger partial charge in [-0.1, -0.05) is 6.07 Å². The van der Waals surface area contributed by atoms with Gasteiger partial charge in [0.1, 0.15) is 0 Å². The SMILES string of the molecule is Cc1ccc(-n2ccnc2)cc1[N+](=O)[O-]. The molecule has 2 aromatic rings. The topological polar surface area (TPSA) is 61.0 Å². The number of nitro groups is 1. The van der Waals surface area contributed by atoms with Gasteiger partial charge in [0.15, 0.2) is 0 Å². The Kier molecular flexibility index (Phi) is 2.21. The Morgan fingerprint density at radius 3 is 2.87 bits per heavy atom. The molecule has 5 nitrogen and oxygen atoms in total. The van der Waals surface area contributed by atoms with Gasteiger partial charge in [-0.3, -0.25) is 10.1 Å². The van der Waals surface area contributed by atoms with E-state index in [1.165, 1.54) is 6.07 Å². The Morgan fingerprint density at radius 2 is 2.27 bits per heavy atom. The van der Waals surface area contributed by atoms with Gasteiger partial charge in [0.05, 0.1) is 16.9 Å². The average molecular weight is 203 g/mol. The van der Waals surface area contributed by atoms with Crippen molar-refractivity contribution in [3.63, 3.8) is 0 Å². The summed E-state index contributed by atoms with van der Waals surface area (Å²) in [7, 11) is 0. The van der Waals surface area contributed by atoms with E-state index >= 15 is 0 Å². The third kappa shape index (κ3) is 1.71. The number of hydrogen-bond donors (Lipinski definition) is 0. The van der Waals surface area contributed by atoms with Gasteiger partial charge in [0, 0.05) is 24.0 Å². The first-order valence-corrected chi connectivity index (χ1v) is 4.42. The lowest BCUT2D eigenvalue weighted by Crippen LogP contribution is -1.95. The maximum Gasteiger partial charge on any atom is 0.274 e. The van der Waals surface area contributed by atoms with Gasteiger partial charge >= 0.3 is 0 Å². The lowest BCUT2D eigenvalue weighted by molar-refractivity contribution is -0.385. The van der Waals surface area contributed by atoms with Crippen LogP contribution in [0.2, 0.25) is 0 Å². The predicted molar refractivity (Wildman–Crippen MR) is 55.0 cm³/mol. The molecule has 0 bridgehead atoms. The minimum Gasteiger partial charge on any atom is -0.306 e. The molecule has 76 valence electrons. The summed E-state index contributed by atoms with van der Waals surface area (Å²) in [5.41, 5.74) is 1.52. The van der Waals surface area contributed by atoms with E-state index in [-0.39, 0.29) is 10.6 Å². The predicted octanol–water partition coefficient (Wildman–Crippen LogP) is 2.09. The van der Waals surface area contributed by atoms with Crippen LogP contribution in [-0.2, 0) is 0 Å². The van der Waals surface area contributed by atoms with Crippen LogP contribution in [0.3, 0.4) is 0 Å². The zero-order valence-electron chi connectivity index (χ0n) is 8.12. The summed E-state index contributed by atoms with van der Waals surface area (Å²) in [6.07, 6.45) is 4.98. The molecule has 0 fully saturated rings. The first-order valence-electron chi connectivity index (χ1n) is 4.42. The highest BCUT2D eigenvalue weighted by atomic mass is 16.6. The molecule has 0 saturated carbocycles. The van der Waals surface area contributed by atoms with Crippen molar-refractivity contribution in [2.45, 2.75) is 6.92 Å². The first kappa shape index (κ1) is 9.39. The average Bonchev–Trinajstić information content (AvgIpc) is 2.71. The van der Waals surface area contributed by atoms with E-state index in [9.17, 15) is 10.1 Å². The number of aromatic nitrogens is 2. The first-order chi connectivity index (χ1) is 7.18. The zero-order chi connectivity index (χ0) is 10.8. The van der Waals surface area contributed by atoms with Crippen molar-refractivity contribution < 1.29 is 4.92 Å². The molecule has 1 aromatic carbocycles. The third-order valence-electron chi connectivity index (χ3n) is 2.19. The second-order valence-corrected chi connectivity index (χ2v) is 3.20. The van der Waals surface area contributed by atoms with E-state index in [2.05, 4.69) is 4.98 Å². The number of nitro benzene ring substituents is 1. The van der Waals surface area contributed by atoms with Gasteiger partial charge in [-0.15, -0.1) is 0 Å². The number of hydrogen-bond acceptors (Lipinski definition) is 3. The molecule has 0 N–H and O–H groups in total. The van der Waals surface area contributed by atoms with Crippen LogP contribution in [0.5, 0.6) is 0 Å². The summed E-state index contributed by atoms with van der Waals surface area (Å²) in [5, 5.41) is 10.7. The number of aryl methyl sites for hydroxylation is 1. The standard InChI is InChI=1S/C10H9N3O2/c1-8-2-3-9(6-10(8)13(14)15)12-5-4-11-7-12/h2-7H,1H3. The Bertz CT molecular complexity index is 491. The molecule has 0 atom stereocenters. The van der Waals surface area contributed by atoms with E-state index in [0.29, 0.717) is 5.56 Å². The molecule has 0 aliphatic carbocycles. The minimum atomic E-state index is -0.379. The van der Waals surface area contributed by atoms with Crippen LogP contribution < -0.4 is 0 Å². The van der Waals surface area contributed by atoms with Gasteiger partial charge in [-0.2, -0.15) is 0 Å². The van der Waals surface area contributed by atoms with Gasteiger partial charge in [-0.05, 0) is 13.0 Å². The van der Waals surface area contributed by atoms with Crippen molar-refractivity contribution in [2.75, 3.05) is 0 Å².